The van der Waals surface area contributed by atoms with Gasteiger partial charge in [-0.1, -0.05) is 17.7 Å². The molecule has 0 saturated carbocycles. The molecule has 0 amide bonds. The molecule has 0 saturated heterocycles. The Morgan fingerprint density at radius 1 is 1.39 bits per heavy atom. The van der Waals surface area contributed by atoms with Gasteiger partial charge in [0.25, 0.3) is 0 Å². The molecule has 1 N–H and O–H groups in total. The van der Waals surface area contributed by atoms with Crippen LogP contribution in [0.1, 0.15) is 25.5 Å². The summed E-state index contributed by atoms with van der Waals surface area (Å²) in [6, 6.07) is 7.11. The van der Waals surface area contributed by atoms with Crippen molar-refractivity contribution in [3.8, 4) is 0 Å². The summed E-state index contributed by atoms with van der Waals surface area (Å²) in [5.74, 6) is 1.10. The molecule has 102 valence electrons. The SMILES string of the molecule is CNC(C)c1ccc(N(C)C(C)CSC)c(Cl)c1. The van der Waals surface area contributed by atoms with E-state index in [1.165, 1.54) is 5.56 Å². The molecule has 0 bridgehead atoms. The van der Waals surface area contributed by atoms with Crippen LogP contribution < -0.4 is 10.2 Å². The number of hydrogen-bond acceptors (Lipinski definition) is 3. The Labute approximate surface area is 120 Å². The van der Waals surface area contributed by atoms with E-state index >= 15 is 0 Å². The van der Waals surface area contributed by atoms with Gasteiger partial charge in [0.2, 0.25) is 0 Å². The Kier molecular flexibility index (Phi) is 6.33. The van der Waals surface area contributed by atoms with Crippen LogP contribution in [0.3, 0.4) is 0 Å². The van der Waals surface area contributed by atoms with E-state index in [0.29, 0.717) is 12.1 Å². The standard InChI is InChI=1S/C14H23ClN2S/c1-10(9-18-5)17(4)14-7-6-12(8-13(14)15)11(2)16-3/h6-8,10-11,16H,9H2,1-5H3. The molecule has 2 atom stereocenters. The predicted molar refractivity (Wildman–Crippen MR) is 85.2 cm³/mol. The number of nitrogens with zero attached hydrogens (tertiary/aromatic N) is 1. The molecule has 0 aliphatic rings. The summed E-state index contributed by atoms with van der Waals surface area (Å²) in [6.07, 6.45) is 2.13. The van der Waals surface area contributed by atoms with Crippen LogP contribution in [0.15, 0.2) is 18.2 Å². The summed E-state index contributed by atoms with van der Waals surface area (Å²) < 4.78 is 0. The van der Waals surface area contributed by atoms with E-state index in [4.69, 9.17) is 11.6 Å². The van der Waals surface area contributed by atoms with Crippen LogP contribution in [-0.2, 0) is 0 Å². The highest BCUT2D eigenvalue weighted by Crippen LogP contribution is 2.29. The van der Waals surface area contributed by atoms with E-state index in [9.17, 15) is 0 Å². The van der Waals surface area contributed by atoms with Crippen molar-refractivity contribution >= 4 is 29.1 Å². The highest BCUT2D eigenvalue weighted by Gasteiger charge is 2.14. The molecule has 0 fully saturated rings. The monoisotopic (exact) mass is 286 g/mol. The molecular formula is C14H23ClN2S. The lowest BCUT2D eigenvalue weighted by Crippen LogP contribution is -2.31. The average Bonchev–Trinajstić information content (AvgIpc) is 2.37. The number of halogens is 1. The quantitative estimate of drug-likeness (QED) is 0.856. The van der Waals surface area contributed by atoms with Crippen molar-refractivity contribution < 1.29 is 0 Å². The minimum Gasteiger partial charge on any atom is -0.370 e. The lowest BCUT2D eigenvalue weighted by Gasteiger charge is -2.28. The van der Waals surface area contributed by atoms with Crippen molar-refractivity contribution in [2.45, 2.75) is 25.9 Å². The second-order valence-electron chi connectivity index (χ2n) is 4.64. The van der Waals surface area contributed by atoms with Crippen molar-refractivity contribution in [3.05, 3.63) is 28.8 Å². The molecule has 0 aromatic heterocycles. The van der Waals surface area contributed by atoms with E-state index in [1.54, 1.807) is 0 Å². The first-order valence-corrected chi connectivity index (χ1v) is 7.97. The first-order chi connectivity index (χ1) is 8.51. The van der Waals surface area contributed by atoms with Gasteiger partial charge >= 0.3 is 0 Å². The van der Waals surface area contributed by atoms with Gasteiger partial charge < -0.3 is 10.2 Å². The van der Waals surface area contributed by atoms with Crippen LogP contribution in [0.25, 0.3) is 0 Å². The Balaban J connectivity index is 2.91. The van der Waals surface area contributed by atoms with Gasteiger partial charge in [0.1, 0.15) is 0 Å². The third-order valence-corrected chi connectivity index (χ3v) is 4.47. The van der Waals surface area contributed by atoms with Gasteiger partial charge in [-0.15, -0.1) is 0 Å². The molecule has 4 heteroatoms. The molecule has 0 heterocycles. The molecule has 1 rings (SSSR count). The van der Waals surface area contributed by atoms with Crippen LogP contribution in [0.5, 0.6) is 0 Å². The fraction of sp³-hybridized carbons (Fsp3) is 0.571. The highest BCUT2D eigenvalue weighted by atomic mass is 35.5. The van der Waals surface area contributed by atoms with Gasteiger partial charge in [0.05, 0.1) is 10.7 Å². The second kappa shape index (κ2) is 7.27. The van der Waals surface area contributed by atoms with Crippen molar-refractivity contribution in [1.82, 2.24) is 5.32 Å². The van der Waals surface area contributed by atoms with E-state index in [1.807, 2.05) is 18.8 Å². The largest absolute Gasteiger partial charge is 0.370 e. The van der Waals surface area contributed by atoms with E-state index < -0.39 is 0 Å². The molecule has 0 aliphatic carbocycles. The van der Waals surface area contributed by atoms with Gasteiger partial charge in [-0.2, -0.15) is 11.8 Å². The molecule has 0 spiro atoms. The van der Waals surface area contributed by atoms with Gasteiger partial charge in [-0.3, -0.25) is 0 Å². The second-order valence-corrected chi connectivity index (χ2v) is 5.95. The molecule has 2 nitrogen and oxygen atoms in total. The fourth-order valence-corrected chi connectivity index (χ4v) is 2.86. The lowest BCUT2D eigenvalue weighted by atomic mass is 10.1. The minimum atomic E-state index is 0.325. The topological polar surface area (TPSA) is 15.3 Å². The summed E-state index contributed by atoms with van der Waals surface area (Å²) in [5.41, 5.74) is 2.32. The van der Waals surface area contributed by atoms with E-state index in [0.717, 1.165) is 16.5 Å². The molecule has 1 aromatic rings. The van der Waals surface area contributed by atoms with E-state index in [-0.39, 0.29) is 0 Å². The molecule has 1 aromatic carbocycles. The van der Waals surface area contributed by atoms with Crippen LogP contribution >= 0.6 is 23.4 Å². The number of benzene rings is 1. The molecule has 0 radical (unpaired) electrons. The smallest absolute Gasteiger partial charge is 0.0642 e. The van der Waals surface area contributed by atoms with Crippen molar-refractivity contribution in [1.29, 1.82) is 0 Å². The Morgan fingerprint density at radius 2 is 2.06 bits per heavy atom. The molecule has 2 unspecified atom stereocenters. The zero-order valence-electron chi connectivity index (χ0n) is 11.8. The number of rotatable bonds is 6. The Bertz CT molecular complexity index is 384. The third kappa shape index (κ3) is 3.81. The summed E-state index contributed by atoms with van der Waals surface area (Å²) in [6.45, 7) is 4.35. The normalized spacial score (nSPS) is 14.3. The van der Waals surface area contributed by atoms with E-state index in [2.05, 4.69) is 55.6 Å². The zero-order chi connectivity index (χ0) is 13.7. The predicted octanol–water partition coefficient (Wildman–Crippen LogP) is 3.81. The van der Waals surface area contributed by atoms with Gasteiger partial charge in [0.15, 0.2) is 0 Å². The Hall–Kier alpha value is -0.380. The highest BCUT2D eigenvalue weighted by molar-refractivity contribution is 7.98. The van der Waals surface area contributed by atoms with Crippen LogP contribution in [0, 0.1) is 0 Å². The van der Waals surface area contributed by atoms with Crippen molar-refractivity contribution in [2.24, 2.45) is 0 Å². The number of nitrogens with one attached hydrogen (secondary N) is 1. The maximum Gasteiger partial charge on any atom is 0.0642 e. The third-order valence-electron chi connectivity index (χ3n) is 3.35. The summed E-state index contributed by atoms with van der Waals surface area (Å²) in [4.78, 5) is 2.24. The average molecular weight is 287 g/mol. The first-order valence-electron chi connectivity index (χ1n) is 6.19. The fourth-order valence-electron chi connectivity index (χ4n) is 1.84. The molecule has 0 aliphatic heterocycles. The van der Waals surface area contributed by atoms with Gasteiger partial charge in [-0.25, -0.2) is 0 Å². The van der Waals surface area contributed by atoms with Crippen LogP contribution in [0.4, 0.5) is 5.69 Å². The number of thioether (sulfide) groups is 1. The van der Waals surface area contributed by atoms with Gasteiger partial charge in [0, 0.05) is 24.9 Å². The van der Waals surface area contributed by atoms with Gasteiger partial charge in [-0.05, 0) is 44.8 Å². The first kappa shape index (κ1) is 15.7. The lowest BCUT2D eigenvalue weighted by molar-refractivity contribution is 0.652. The molecular weight excluding hydrogens is 264 g/mol. The molecule has 18 heavy (non-hydrogen) atoms. The minimum absolute atomic E-state index is 0.325. The van der Waals surface area contributed by atoms with Crippen LogP contribution in [-0.4, -0.2) is 32.1 Å². The van der Waals surface area contributed by atoms with Crippen LogP contribution in [0.2, 0.25) is 5.02 Å². The Morgan fingerprint density at radius 3 is 2.56 bits per heavy atom. The number of anilines is 1. The maximum atomic E-state index is 6.39. The zero-order valence-corrected chi connectivity index (χ0v) is 13.4. The van der Waals surface area contributed by atoms with Crippen molar-refractivity contribution in [2.75, 3.05) is 31.0 Å². The van der Waals surface area contributed by atoms with Crippen molar-refractivity contribution in [3.63, 3.8) is 0 Å². The summed E-state index contributed by atoms with van der Waals surface area (Å²) >= 11 is 8.25. The summed E-state index contributed by atoms with van der Waals surface area (Å²) in [7, 11) is 4.06. The number of hydrogen-bond donors (Lipinski definition) is 1. The summed E-state index contributed by atoms with van der Waals surface area (Å²) in [5, 5.41) is 4.05. The maximum absolute atomic E-state index is 6.39.